The molecular formula is C20H35N5O8S. The highest BCUT2D eigenvalue weighted by molar-refractivity contribution is 7.98. The minimum absolute atomic E-state index is 0.202. The molecule has 9 N–H and O–H groups in total. The van der Waals surface area contributed by atoms with Gasteiger partial charge < -0.3 is 37.6 Å². The zero-order chi connectivity index (χ0) is 26.4. The van der Waals surface area contributed by atoms with Crippen LogP contribution < -0.4 is 27.4 Å². The summed E-state index contributed by atoms with van der Waals surface area (Å²) in [6.07, 6.45) is 1.25. The lowest BCUT2D eigenvalue weighted by molar-refractivity contribution is -0.143. The number of primary amides is 1. The number of amides is 4. The molecule has 0 spiro atoms. The van der Waals surface area contributed by atoms with Gasteiger partial charge in [0.05, 0.1) is 12.5 Å². The first kappa shape index (κ1) is 31.1. The molecular weight excluding hydrogens is 470 g/mol. The molecule has 0 bridgehead atoms. The van der Waals surface area contributed by atoms with E-state index in [9.17, 15) is 33.9 Å². The van der Waals surface area contributed by atoms with Crippen LogP contribution in [-0.4, -0.2) is 82.0 Å². The van der Waals surface area contributed by atoms with E-state index in [1.54, 1.807) is 20.1 Å². The van der Waals surface area contributed by atoms with Crippen LogP contribution in [0.5, 0.6) is 0 Å². The van der Waals surface area contributed by atoms with E-state index in [2.05, 4.69) is 16.0 Å². The molecule has 5 unspecified atom stereocenters. The number of thioether (sulfide) groups is 1. The maximum absolute atomic E-state index is 13.0. The van der Waals surface area contributed by atoms with Gasteiger partial charge in [-0.05, 0) is 30.8 Å². The average molecular weight is 506 g/mol. The number of carboxylic acids is 2. The minimum atomic E-state index is -1.45. The lowest BCUT2D eigenvalue weighted by Crippen LogP contribution is -2.59. The van der Waals surface area contributed by atoms with Gasteiger partial charge in [0.25, 0.3) is 0 Å². The highest BCUT2D eigenvalue weighted by Crippen LogP contribution is 2.11. The number of aliphatic carboxylic acids is 2. The van der Waals surface area contributed by atoms with Crippen molar-refractivity contribution in [2.75, 3.05) is 12.0 Å². The third-order valence-corrected chi connectivity index (χ3v) is 5.70. The van der Waals surface area contributed by atoms with Crippen molar-refractivity contribution >= 4 is 47.3 Å². The Morgan fingerprint density at radius 1 is 0.912 bits per heavy atom. The average Bonchev–Trinajstić information content (AvgIpc) is 2.75. The van der Waals surface area contributed by atoms with E-state index < -0.39 is 78.5 Å². The van der Waals surface area contributed by atoms with Gasteiger partial charge in [0.15, 0.2) is 0 Å². The zero-order valence-corrected chi connectivity index (χ0v) is 20.4. The molecule has 0 aromatic carbocycles. The molecule has 4 amide bonds. The second kappa shape index (κ2) is 15.9. The predicted molar refractivity (Wildman–Crippen MR) is 125 cm³/mol. The van der Waals surface area contributed by atoms with Crippen LogP contribution in [0, 0.1) is 5.92 Å². The summed E-state index contributed by atoms with van der Waals surface area (Å²) >= 11 is 1.42. The molecule has 194 valence electrons. The smallest absolute Gasteiger partial charge is 0.326 e. The minimum Gasteiger partial charge on any atom is -0.481 e. The molecule has 0 saturated heterocycles. The summed E-state index contributed by atoms with van der Waals surface area (Å²) in [5, 5.41) is 25.4. The SMILES string of the molecule is CCC(C)C(NC(=O)C(CCSC)NC(=O)C(N)CC(N)=O)C(=O)NC(CCC(=O)O)C(=O)O. The van der Waals surface area contributed by atoms with Crippen LogP contribution in [0.1, 0.15) is 46.0 Å². The molecule has 0 fully saturated rings. The van der Waals surface area contributed by atoms with Crippen LogP contribution in [0.3, 0.4) is 0 Å². The van der Waals surface area contributed by atoms with E-state index in [1.807, 2.05) is 0 Å². The van der Waals surface area contributed by atoms with Gasteiger partial charge in [-0.25, -0.2) is 4.79 Å². The highest BCUT2D eigenvalue weighted by Gasteiger charge is 2.32. The Morgan fingerprint density at radius 3 is 1.97 bits per heavy atom. The third kappa shape index (κ3) is 11.8. The molecule has 0 radical (unpaired) electrons. The summed E-state index contributed by atoms with van der Waals surface area (Å²) in [4.78, 5) is 71.3. The Bertz CT molecular complexity index is 750. The number of carboxylic acid groups (broad SMARTS) is 2. The van der Waals surface area contributed by atoms with E-state index in [0.717, 1.165) is 0 Å². The van der Waals surface area contributed by atoms with Gasteiger partial charge in [-0.3, -0.25) is 24.0 Å². The predicted octanol–water partition coefficient (Wildman–Crippen LogP) is -1.61. The first-order chi connectivity index (χ1) is 15.8. The van der Waals surface area contributed by atoms with Crippen molar-refractivity contribution in [2.24, 2.45) is 17.4 Å². The molecule has 13 nitrogen and oxygen atoms in total. The van der Waals surface area contributed by atoms with Crippen LogP contribution in [0.2, 0.25) is 0 Å². The van der Waals surface area contributed by atoms with Crippen molar-refractivity contribution in [3.05, 3.63) is 0 Å². The molecule has 34 heavy (non-hydrogen) atoms. The van der Waals surface area contributed by atoms with Gasteiger partial charge in [-0.1, -0.05) is 20.3 Å². The lowest BCUT2D eigenvalue weighted by atomic mass is 9.97. The Hall–Kier alpha value is -2.87. The molecule has 0 aliphatic rings. The molecule has 0 aromatic heterocycles. The Kier molecular flexibility index (Phi) is 14.5. The third-order valence-electron chi connectivity index (χ3n) is 5.06. The Balaban J connectivity index is 5.53. The van der Waals surface area contributed by atoms with Gasteiger partial charge in [0.2, 0.25) is 23.6 Å². The molecule has 0 aliphatic heterocycles. The highest BCUT2D eigenvalue weighted by atomic mass is 32.2. The van der Waals surface area contributed by atoms with E-state index >= 15 is 0 Å². The standard InChI is InChI=1S/C20H35N5O8S/c1-4-10(2)16(19(31)24-13(20(32)33)5-6-15(27)28)25-18(30)12(7-8-34-3)23-17(29)11(21)9-14(22)26/h10-13,16H,4-9,21H2,1-3H3,(H2,22,26)(H,23,29)(H,24,31)(H,25,30)(H,27,28)(H,32,33). The van der Waals surface area contributed by atoms with Crippen LogP contribution in [0.25, 0.3) is 0 Å². The number of hydrogen-bond acceptors (Lipinski definition) is 8. The van der Waals surface area contributed by atoms with Gasteiger partial charge in [0, 0.05) is 6.42 Å². The number of nitrogens with one attached hydrogen (secondary N) is 3. The fourth-order valence-electron chi connectivity index (χ4n) is 2.84. The summed E-state index contributed by atoms with van der Waals surface area (Å²) in [6, 6.07) is -4.91. The summed E-state index contributed by atoms with van der Waals surface area (Å²) in [6.45, 7) is 3.45. The largest absolute Gasteiger partial charge is 0.481 e. The van der Waals surface area contributed by atoms with E-state index in [4.69, 9.17) is 16.6 Å². The van der Waals surface area contributed by atoms with Gasteiger partial charge in [-0.2, -0.15) is 11.8 Å². The summed E-state index contributed by atoms with van der Waals surface area (Å²) < 4.78 is 0. The maximum Gasteiger partial charge on any atom is 0.326 e. The number of hydrogen-bond donors (Lipinski definition) is 7. The molecule has 0 rings (SSSR count). The fraction of sp³-hybridized carbons (Fsp3) is 0.700. The summed E-state index contributed by atoms with van der Waals surface area (Å²) in [5.41, 5.74) is 10.7. The van der Waals surface area contributed by atoms with Crippen molar-refractivity contribution in [1.82, 2.24) is 16.0 Å². The monoisotopic (exact) mass is 505 g/mol. The van der Waals surface area contributed by atoms with Crippen molar-refractivity contribution in [1.29, 1.82) is 0 Å². The lowest BCUT2D eigenvalue weighted by Gasteiger charge is -2.28. The molecule has 0 aromatic rings. The zero-order valence-electron chi connectivity index (χ0n) is 19.5. The van der Waals surface area contributed by atoms with Crippen molar-refractivity contribution in [3.8, 4) is 0 Å². The summed E-state index contributed by atoms with van der Waals surface area (Å²) in [7, 11) is 0. The number of rotatable bonds is 17. The van der Waals surface area contributed by atoms with Crippen molar-refractivity contribution in [3.63, 3.8) is 0 Å². The number of carbonyl (C=O) groups is 6. The fourth-order valence-corrected chi connectivity index (χ4v) is 3.31. The second-order valence-electron chi connectivity index (χ2n) is 7.82. The van der Waals surface area contributed by atoms with Gasteiger partial charge in [-0.15, -0.1) is 0 Å². The number of nitrogens with two attached hydrogens (primary N) is 2. The topological polar surface area (TPSA) is 231 Å². The van der Waals surface area contributed by atoms with E-state index in [1.165, 1.54) is 11.8 Å². The number of carbonyl (C=O) groups excluding carboxylic acids is 4. The Morgan fingerprint density at radius 2 is 1.50 bits per heavy atom. The van der Waals surface area contributed by atoms with Crippen molar-refractivity contribution < 1.29 is 39.0 Å². The van der Waals surface area contributed by atoms with Crippen LogP contribution in [0.4, 0.5) is 0 Å². The van der Waals surface area contributed by atoms with Crippen LogP contribution >= 0.6 is 11.8 Å². The van der Waals surface area contributed by atoms with Crippen LogP contribution in [0.15, 0.2) is 0 Å². The van der Waals surface area contributed by atoms with E-state index in [-0.39, 0.29) is 12.8 Å². The molecule has 5 atom stereocenters. The molecule has 0 aliphatic carbocycles. The second-order valence-corrected chi connectivity index (χ2v) is 8.81. The first-order valence-electron chi connectivity index (χ1n) is 10.7. The van der Waals surface area contributed by atoms with Gasteiger partial charge >= 0.3 is 11.9 Å². The quantitative estimate of drug-likeness (QED) is 0.119. The normalized spacial score (nSPS) is 15.2. The van der Waals surface area contributed by atoms with E-state index in [0.29, 0.717) is 12.2 Å². The molecule has 0 heterocycles. The molecule has 14 heteroatoms. The Labute approximate surface area is 202 Å². The van der Waals surface area contributed by atoms with Crippen LogP contribution in [-0.2, 0) is 28.8 Å². The van der Waals surface area contributed by atoms with Gasteiger partial charge in [0.1, 0.15) is 18.1 Å². The van der Waals surface area contributed by atoms with Crippen molar-refractivity contribution in [2.45, 2.75) is 70.1 Å². The maximum atomic E-state index is 13.0. The summed E-state index contributed by atoms with van der Waals surface area (Å²) in [5.74, 6) is -5.56. The molecule has 0 saturated carbocycles. The first-order valence-corrected chi connectivity index (χ1v) is 12.1.